The topological polar surface area (TPSA) is 110 Å². The number of ether oxygens (including phenoxy) is 1. The van der Waals surface area contributed by atoms with Crippen molar-refractivity contribution >= 4 is 33.7 Å². The van der Waals surface area contributed by atoms with Crippen LogP contribution in [0.25, 0.3) is 44.1 Å². The third-order valence-electron chi connectivity index (χ3n) is 10.6. The molecule has 13 heteroatoms. The van der Waals surface area contributed by atoms with E-state index in [4.69, 9.17) is 14.9 Å². The first-order valence-corrected chi connectivity index (χ1v) is 21.6. The molecule has 8 rings (SSSR count). The Morgan fingerprint density at radius 2 is 0.985 bits per heavy atom. The number of carboxylic acid groups (broad SMARTS) is 1. The summed E-state index contributed by atoms with van der Waals surface area (Å²) in [5, 5.41) is 19.5. The Labute approximate surface area is 383 Å². The van der Waals surface area contributed by atoms with Crippen molar-refractivity contribution in [3.63, 3.8) is 0 Å². The lowest BCUT2D eigenvalue weighted by atomic mass is 10.00. The number of rotatable bonds is 15. The van der Waals surface area contributed by atoms with Crippen molar-refractivity contribution < 1.29 is 50.9 Å². The van der Waals surface area contributed by atoms with Gasteiger partial charge >= 0.3 is 11.9 Å². The highest BCUT2D eigenvalue weighted by atomic mass is 19.2. The molecule has 0 aliphatic heterocycles. The Bertz CT molecular complexity index is 2970. The monoisotopic (exact) mass is 916 g/mol. The van der Waals surface area contributed by atoms with E-state index in [1.807, 2.05) is 30.3 Å². The number of benzene rings is 6. The van der Waals surface area contributed by atoms with Gasteiger partial charge in [-0.15, -0.1) is 0 Å². The number of carboxylic acids is 1. The van der Waals surface area contributed by atoms with Crippen molar-refractivity contribution in [3.05, 3.63) is 192 Å². The predicted molar refractivity (Wildman–Crippen MR) is 246 cm³/mol. The first-order valence-electron chi connectivity index (χ1n) is 21.6. The molecule has 2 aromatic heterocycles. The van der Waals surface area contributed by atoms with Crippen LogP contribution in [0.1, 0.15) is 62.5 Å². The van der Waals surface area contributed by atoms with Gasteiger partial charge in [0.2, 0.25) is 0 Å². The van der Waals surface area contributed by atoms with E-state index in [-0.39, 0.29) is 34.8 Å². The van der Waals surface area contributed by atoms with Crippen LogP contribution in [0.3, 0.4) is 0 Å². The number of hydrogen-bond donors (Lipinski definition) is 2. The molecule has 67 heavy (non-hydrogen) atoms. The van der Waals surface area contributed by atoms with Gasteiger partial charge in [-0.1, -0.05) is 61.4 Å². The van der Waals surface area contributed by atoms with Crippen LogP contribution in [-0.2, 0) is 22.4 Å². The average molecular weight is 917 g/mol. The second kappa shape index (κ2) is 24.1. The molecule has 0 unspecified atom stereocenters. The van der Waals surface area contributed by atoms with Crippen LogP contribution in [0, 0.1) is 34.9 Å². The van der Waals surface area contributed by atoms with Crippen LogP contribution in [0.15, 0.2) is 146 Å². The van der Waals surface area contributed by atoms with Crippen molar-refractivity contribution in [2.24, 2.45) is 0 Å². The van der Waals surface area contributed by atoms with E-state index in [0.717, 1.165) is 82.9 Å². The molecule has 0 spiro atoms. The molecular weight excluding hydrogens is 871 g/mol. The second-order valence-electron chi connectivity index (χ2n) is 15.6. The fourth-order valence-electron chi connectivity index (χ4n) is 7.14. The van der Waals surface area contributed by atoms with Gasteiger partial charge in [0.15, 0.2) is 23.3 Å². The number of nitrogens with zero attached hydrogens (tertiary/aromatic N) is 2. The van der Waals surface area contributed by atoms with Gasteiger partial charge in [-0.2, -0.15) is 0 Å². The number of carbonyl (C=O) groups is 2. The summed E-state index contributed by atoms with van der Waals surface area (Å²) >= 11 is 0. The zero-order valence-electron chi connectivity index (χ0n) is 36.2. The summed E-state index contributed by atoms with van der Waals surface area (Å²) in [6, 6.07) is 34.0. The number of phenolic OH excluding ortho intramolecular Hbond substituents is 1. The summed E-state index contributed by atoms with van der Waals surface area (Å²) in [5.41, 5.74) is 4.38. The molecule has 0 amide bonds. The number of carbonyl (C=O) groups excluding carboxylic acids is 1. The van der Waals surface area contributed by atoms with Gasteiger partial charge in [-0.25, -0.2) is 26.3 Å². The van der Waals surface area contributed by atoms with E-state index in [9.17, 15) is 35.9 Å². The zero-order chi connectivity index (χ0) is 47.7. The number of pyridine rings is 2. The molecule has 0 saturated heterocycles. The number of phenols is 1. The highest BCUT2D eigenvalue weighted by molar-refractivity contribution is 5.82. The molecule has 6 aromatic carbocycles. The summed E-state index contributed by atoms with van der Waals surface area (Å²) in [5.74, 6) is -5.24. The number of unbranched alkanes of at least 4 members (excludes halogenated alkanes) is 4. The number of fused-ring (bicyclic) bond motifs is 2. The van der Waals surface area contributed by atoms with Crippen molar-refractivity contribution in [1.29, 1.82) is 0 Å². The zero-order valence-corrected chi connectivity index (χ0v) is 36.2. The number of hydrogen-bond acceptors (Lipinski definition) is 6. The van der Waals surface area contributed by atoms with Crippen LogP contribution in [0.2, 0.25) is 0 Å². The van der Waals surface area contributed by atoms with Crippen molar-refractivity contribution in [3.8, 4) is 33.8 Å². The SMILES string of the molecule is O=C(CCCCCc1ccc(-c2ccc(F)c(F)c2)c(F)c1)Oc1ccc2ncccc2c1.O=C(O)CCCCCc1ccc(-c2ccc(F)c(F)c2)c(F)c1.Oc1ccc2ncccc2c1. The summed E-state index contributed by atoms with van der Waals surface area (Å²) in [7, 11) is 0. The maximum absolute atomic E-state index is 14.5. The van der Waals surface area contributed by atoms with Crippen molar-refractivity contribution in [1.82, 2.24) is 9.97 Å². The molecule has 0 bridgehead atoms. The highest BCUT2D eigenvalue weighted by Gasteiger charge is 2.12. The average Bonchev–Trinajstić information content (AvgIpc) is 3.31. The van der Waals surface area contributed by atoms with E-state index in [1.165, 1.54) is 24.3 Å². The van der Waals surface area contributed by atoms with Crippen LogP contribution in [-0.4, -0.2) is 32.1 Å². The fraction of sp³-hybridized carbons (Fsp3) is 0.185. The quantitative estimate of drug-likeness (QED) is 0.0456. The molecule has 2 heterocycles. The van der Waals surface area contributed by atoms with Gasteiger partial charge in [-0.3, -0.25) is 19.6 Å². The van der Waals surface area contributed by atoms with E-state index in [2.05, 4.69) is 9.97 Å². The van der Waals surface area contributed by atoms with Crippen LogP contribution >= 0.6 is 0 Å². The Kier molecular flexibility index (Phi) is 17.6. The van der Waals surface area contributed by atoms with Crippen LogP contribution in [0.5, 0.6) is 11.5 Å². The lowest BCUT2D eigenvalue weighted by Gasteiger charge is -2.08. The lowest BCUT2D eigenvalue weighted by molar-refractivity contribution is -0.137. The molecule has 0 fully saturated rings. The minimum absolute atomic E-state index is 0.142. The molecule has 2 N–H and O–H groups in total. The highest BCUT2D eigenvalue weighted by Crippen LogP contribution is 2.28. The molecule has 7 nitrogen and oxygen atoms in total. The minimum Gasteiger partial charge on any atom is -0.508 e. The summed E-state index contributed by atoms with van der Waals surface area (Å²) in [6.45, 7) is 0. The summed E-state index contributed by atoms with van der Waals surface area (Å²) in [6.07, 6.45) is 9.59. The normalized spacial score (nSPS) is 10.8. The maximum Gasteiger partial charge on any atom is 0.311 e. The number of esters is 1. The van der Waals surface area contributed by atoms with Crippen LogP contribution in [0.4, 0.5) is 26.3 Å². The molecule has 344 valence electrons. The van der Waals surface area contributed by atoms with E-state index in [1.54, 1.807) is 67.0 Å². The Hall–Kier alpha value is -7.54. The van der Waals surface area contributed by atoms with Crippen LogP contribution < -0.4 is 4.74 Å². The number of aromatic hydroxyl groups is 1. The number of aromatic nitrogens is 2. The second-order valence-corrected chi connectivity index (χ2v) is 15.6. The third kappa shape index (κ3) is 14.7. The van der Waals surface area contributed by atoms with Crippen molar-refractivity contribution in [2.45, 2.75) is 64.2 Å². The largest absolute Gasteiger partial charge is 0.508 e. The van der Waals surface area contributed by atoms with Gasteiger partial charge in [0.25, 0.3) is 0 Å². The fourth-order valence-corrected chi connectivity index (χ4v) is 7.14. The van der Waals surface area contributed by atoms with Gasteiger partial charge < -0.3 is 14.9 Å². The molecule has 0 radical (unpaired) electrons. The number of aryl methyl sites for hydroxylation is 2. The van der Waals surface area contributed by atoms with E-state index >= 15 is 0 Å². The van der Waals surface area contributed by atoms with Gasteiger partial charge in [-0.05, 0) is 146 Å². The lowest BCUT2D eigenvalue weighted by Crippen LogP contribution is -2.07. The first-order chi connectivity index (χ1) is 32.3. The van der Waals surface area contributed by atoms with E-state index in [0.29, 0.717) is 43.4 Å². The predicted octanol–water partition coefficient (Wildman–Crippen LogP) is 13.9. The Balaban J connectivity index is 0.000000187. The van der Waals surface area contributed by atoms with E-state index < -0.39 is 40.9 Å². The van der Waals surface area contributed by atoms with Gasteiger partial charge in [0, 0.05) is 47.1 Å². The molecule has 0 saturated carbocycles. The Morgan fingerprint density at radius 1 is 0.478 bits per heavy atom. The minimum atomic E-state index is -1.01. The molecule has 8 aromatic rings. The Morgan fingerprint density at radius 3 is 1.49 bits per heavy atom. The third-order valence-corrected chi connectivity index (χ3v) is 10.6. The first kappa shape index (κ1) is 48.9. The molecule has 0 aliphatic rings. The standard InChI is InChI=1S/C27H22F3NO2.C18H17F3O2.C9H7NO/c28-23-12-9-19(17-25(23)30)22-11-8-18(15-24(22)29)5-2-1-3-7-27(32)33-21-10-13-26-20(16-21)6-4-14-31-26;19-15-9-7-13(11-17(15)21)14-8-6-12(10-16(14)20)4-2-1-3-5-18(22)23;11-8-3-4-9-7(6-8)2-1-5-10-9/h4,6,8-17H,1-3,5,7H2;6-11H,1-5H2,(H,22,23);1-6,11H. The summed E-state index contributed by atoms with van der Waals surface area (Å²) < 4.78 is 86.7. The van der Waals surface area contributed by atoms with Gasteiger partial charge in [0.05, 0.1) is 11.0 Å². The van der Waals surface area contributed by atoms with Gasteiger partial charge in [0.1, 0.15) is 23.1 Å². The smallest absolute Gasteiger partial charge is 0.311 e. The number of aliphatic carboxylic acids is 1. The molecular formula is C54H46F6N2O5. The number of halogens is 6. The summed E-state index contributed by atoms with van der Waals surface area (Å²) in [4.78, 5) is 30.8. The molecule has 0 atom stereocenters. The van der Waals surface area contributed by atoms with Crippen molar-refractivity contribution in [2.75, 3.05) is 0 Å². The molecule has 0 aliphatic carbocycles. The maximum atomic E-state index is 14.5.